The number of carbonyl (C=O) groups is 1. The maximum Gasteiger partial charge on any atom is 0.252 e. The van der Waals surface area contributed by atoms with E-state index in [1.54, 1.807) is 0 Å². The minimum absolute atomic E-state index is 0.0845. The Kier molecular flexibility index (Phi) is 5.64. The first-order valence-electron chi connectivity index (χ1n) is 9.13. The highest BCUT2D eigenvalue weighted by molar-refractivity contribution is 7.91. The molecule has 2 aliphatic rings. The standard InChI is InChI=1S/C17H26N4O4S/c1-12-2-5-21(6-3-12)17-19-14(9-16(23)20-17)10-18-15(22)8-13-4-7-26(24,25)11-13/h9,12-13H,2-8,10-11H2,1H3,(H,18,22)(H,19,20,23). The zero-order valence-electron chi connectivity index (χ0n) is 15.0. The summed E-state index contributed by atoms with van der Waals surface area (Å²) in [4.78, 5) is 33.3. The van der Waals surface area contributed by atoms with Crippen molar-refractivity contribution in [2.45, 2.75) is 39.2 Å². The van der Waals surface area contributed by atoms with Gasteiger partial charge in [-0.1, -0.05) is 6.92 Å². The lowest BCUT2D eigenvalue weighted by molar-refractivity contribution is -0.122. The van der Waals surface area contributed by atoms with Crippen molar-refractivity contribution in [2.24, 2.45) is 11.8 Å². The maximum absolute atomic E-state index is 12.1. The summed E-state index contributed by atoms with van der Waals surface area (Å²) in [6.07, 6.45) is 2.86. The highest BCUT2D eigenvalue weighted by Crippen LogP contribution is 2.21. The zero-order chi connectivity index (χ0) is 18.7. The minimum atomic E-state index is -2.98. The highest BCUT2D eigenvalue weighted by atomic mass is 32.2. The lowest BCUT2D eigenvalue weighted by atomic mass is 10.00. The van der Waals surface area contributed by atoms with E-state index in [2.05, 4.69) is 27.1 Å². The van der Waals surface area contributed by atoms with E-state index in [9.17, 15) is 18.0 Å². The first-order valence-corrected chi connectivity index (χ1v) is 11.0. The van der Waals surface area contributed by atoms with Crippen molar-refractivity contribution in [3.05, 3.63) is 22.1 Å². The number of sulfone groups is 1. The summed E-state index contributed by atoms with van der Waals surface area (Å²) in [6, 6.07) is 1.39. The van der Waals surface area contributed by atoms with Gasteiger partial charge < -0.3 is 10.2 Å². The van der Waals surface area contributed by atoms with Gasteiger partial charge in [0.05, 0.1) is 23.7 Å². The van der Waals surface area contributed by atoms with Gasteiger partial charge in [-0.05, 0) is 31.1 Å². The van der Waals surface area contributed by atoms with Crippen LogP contribution >= 0.6 is 0 Å². The molecule has 0 aliphatic carbocycles. The van der Waals surface area contributed by atoms with Crippen molar-refractivity contribution in [3.8, 4) is 0 Å². The van der Waals surface area contributed by atoms with Gasteiger partial charge in [0, 0.05) is 25.6 Å². The molecule has 0 spiro atoms. The maximum atomic E-state index is 12.1. The van der Waals surface area contributed by atoms with Crippen LogP contribution in [0.15, 0.2) is 10.9 Å². The molecule has 0 bridgehead atoms. The minimum Gasteiger partial charge on any atom is -0.350 e. The SMILES string of the molecule is CC1CCN(c2nc(CNC(=O)CC3CCS(=O)(=O)C3)cc(=O)[nH]2)CC1. The molecule has 1 aromatic heterocycles. The Morgan fingerprint density at radius 2 is 2.08 bits per heavy atom. The van der Waals surface area contributed by atoms with Crippen molar-refractivity contribution in [2.75, 3.05) is 29.5 Å². The number of piperidine rings is 1. The predicted molar refractivity (Wildman–Crippen MR) is 98.7 cm³/mol. The second kappa shape index (κ2) is 7.77. The van der Waals surface area contributed by atoms with E-state index < -0.39 is 9.84 Å². The molecule has 3 heterocycles. The summed E-state index contributed by atoms with van der Waals surface area (Å²) < 4.78 is 22.9. The van der Waals surface area contributed by atoms with Gasteiger partial charge in [-0.15, -0.1) is 0 Å². The van der Waals surface area contributed by atoms with Gasteiger partial charge in [-0.3, -0.25) is 14.6 Å². The van der Waals surface area contributed by atoms with Crippen molar-refractivity contribution < 1.29 is 13.2 Å². The third-order valence-corrected chi connectivity index (χ3v) is 6.97. The summed E-state index contributed by atoms with van der Waals surface area (Å²) in [5.41, 5.74) is 0.273. The van der Waals surface area contributed by atoms with Crippen molar-refractivity contribution in [1.29, 1.82) is 0 Å². The fourth-order valence-corrected chi connectivity index (χ4v) is 5.37. The van der Waals surface area contributed by atoms with Crippen LogP contribution < -0.4 is 15.8 Å². The van der Waals surface area contributed by atoms with E-state index in [0.717, 1.165) is 25.9 Å². The predicted octanol–water partition coefficient (Wildman–Crippen LogP) is 0.447. The number of rotatable bonds is 5. The van der Waals surface area contributed by atoms with Gasteiger partial charge in [0.1, 0.15) is 0 Å². The Morgan fingerprint density at radius 3 is 2.73 bits per heavy atom. The second-order valence-electron chi connectivity index (χ2n) is 7.48. The summed E-state index contributed by atoms with van der Waals surface area (Å²) in [5.74, 6) is 1.16. The fourth-order valence-electron chi connectivity index (χ4n) is 3.51. The number of carbonyl (C=O) groups excluding carboxylic acids is 1. The van der Waals surface area contributed by atoms with Crippen LogP contribution in [0.25, 0.3) is 0 Å². The van der Waals surface area contributed by atoms with Crippen molar-refractivity contribution >= 4 is 21.7 Å². The van der Waals surface area contributed by atoms with E-state index >= 15 is 0 Å². The largest absolute Gasteiger partial charge is 0.350 e. The molecule has 26 heavy (non-hydrogen) atoms. The molecule has 9 heteroatoms. The zero-order valence-corrected chi connectivity index (χ0v) is 15.8. The molecule has 1 atom stereocenters. The first kappa shape index (κ1) is 18.9. The Balaban J connectivity index is 1.56. The molecular weight excluding hydrogens is 356 g/mol. The van der Waals surface area contributed by atoms with Gasteiger partial charge in [0.2, 0.25) is 11.9 Å². The fraction of sp³-hybridized carbons (Fsp3) is 0.706. The van der Waals surface area contributed by atoms with Crippen LogP contribution in [0.3, 0.4) is 0 Å². The lowest BCUT2D eigenvalue weighted by Gasteiger charge is -2.30. The van der Waals surface area contributed by atoms with E-state index in [-0.39, 0.29) is 41.9 Å². The van der Waals surface area contributed by atoms with Crippen LogP contribution in [0.2, 0.25) is 0 Å². The number of nitrogens with zero attached hydrogens (tertiary/aromatic N) is 2. The number of H-pyrrole nitrogens is 1. The molecule has 0 aromatic carbocycles. The molecule has 1 aromatic rings. The topological polar surface area (TPSA) is 112 Å². The third kappa shape index (κ3) is 5.06. The average Bonchev–Trinajstić information content (AvgIpc) is 2.91. The number of amides is 1. The smallest absolute Gasteiger partial charge is 0.252 e. The summed E-state index contributed by atoms with van der Waals surface area (Å²) >= 11 is 0. The Morgan fingerprint density at radius 1 is 1.35 bits per heavy atom. The Labute approximate surface area is 153 Å². The van der Waals surface area contributed by atoms with Crippen LogP contribution in [-0.4, -0.2) is 48.9 Å². The van der Waals surface area contributed by atoms with Gasteiger partial charge in [0.15, 0.2) is 9.84 Å². The van der Waals surface area contributed by atoms with Crippen LogP contribution in [0.1, 0.15) is 38.3 Å². The summed E-state index contributed by atoms with van der Waals surface area (Å²) in [6.45, 7) is 4.10. The van der Waals surface area contributed by atoms with Crippen molar-refractivity contribution in [1.82, 2.24) is 15.3 Å². The molecule has 0 saturated carbocycles. The number of aromatic amines is 1. The van der Waals surface area contributed by atoms with Gasteiger partial charge >= 0.3 is 0 Å². The van der Waals surface area contributed by atoms with Crippen LogP contribution in [0.5, 0.6) is 0 Å². The van der Waals surface area contributed by atoms with Crippen LogP contribution in [0, 0.1) is 11.8 Å². The molecule has 2 fully saturated rings. The van der Waals surface area contributed by atoms with Gasteiger partial charge in [0.25, 0.3) is 5.56 Å². The van der Waals surface area contributed by atoms with E-state index in [1.165, 1.54) is 6.07 Å². The molecule has 2 N–H and O–H groups in total. The number of hydrogen-bond donors (Lipinski definition) is 2. The molecule has 144 valence electrons. The number of nitrogens with one attached hydrogen (secondary N) is 2. The normalized spacial score (nSPS) is 23.1. The molecule has 0 radical (unpaired) electrons. The third-order valence-electron chi connectivity index (χ3n) is 5.13. The summed E-state index contributed by atoms with van der Waals surface area (Å²) in [5, 5.41) is 2.75. The Hall–Kier alpha value is -1.90. The Bertz CT molecular complexity index is 812. The monoisotopic (exact) mass is 382 g/mol. The molecule has 1 amide bonds. The average molecular weight is 382 g/mol. The van der Waals surface area contributed by atoms with E-state index in [4.69, 9.17) is 0 Å². The number of hydrogen-bond acceptors (Lipinski definition) is 6. The summed E-state index contributed by atoms with van der Waals surface area (Å²) in [7, 11) is -2.98. The first-order chi connectivity index (χ1) is 12.3. The quantitative estimate of drug-likeness (QED) is 0.764. The number of anilines is 1. The van der Waals surface area contributed by atoms with Gasteiger partial charge in [-0.25, -0.2) is 13.4 Å². The van der Waals surface area contributed by atoms with Gasteiger partial charge in [-0.2, -0.15) is 0 Å². The van der Waals surface area contributed by atoms with E-state index in [0.29, 0.717) is 24.0 Å². The molecule has 2 aliphatic heterocycles. The van der Waals surface area contributed by atoms with E-state index in [1.807, 2.05) is 0 Å². The molecule has 2 saturated heterocycles. The molecular formula is C17H26N4O4S. The molecule has 8 nitrogen and oxygen atoms in total. The highest BCUT2D eigenvalue weighted by Gasteiger charge is 2.29. The van der Waals surface area contributed by atoms with Crippen LogP contribution in [-0.2, 0) is 21.2 Å². The van der Waals surface area contributed by atoms with Crippen LogP contribution in [0.4, 0.5) is 5.95 Å². The lowest BCUT2D eigenvalue weighted by Crippen LogP contribution is -2.35. The number of aromatic nitrogens is 2. The molecule has 1 unspecified atom stereocenters. The van der Waals surface area contributed by atoms with Crippen molar-refractivity contribution in [3.63, 3.8) is 0 Å². The second-order valence-corrected chi connectivity index (χ2v) is 9.71. The molecule has 3 rings (SSSR count).